The van der Waals surface area contributed by atoms with Gasteiger partial charge >= 0.3 is 0 Å². The smallest absolute Gasteiger partial charge is 0.163 e. The molecule has 8 heteroatoms. The van der Waals surface area contributed by atoms with E-state index >= 15 is 0 Å². The van der Waals surface area contributed by atoms with Crippen molar-refractivity contribution in [1.82, 2.24) is 20.2 Å². The maximum atomic E-state index is 6.15. The highest BCUT2D eigenvalue weighted by Gasteiger charge is 2.16. The van der Waals surface area contributed by atoms with Crippen LogP contribution in [0.2, 0.25) is 5.02 Å². The van der Waals surface area contributed by atoms with Crippen LogP contribution < -0.4 is 10.6 Å². The quantitative estimate of drug-likeness (QED) is 0.602. The van der Waals surface area contributed by atoms with E-state index in [-0.39, 0.29) is 1.43 Å². The number of H-pyrrole nitrogens is 1. The Hall–Kier alpha value is -2.64. The van der Waals surface area contributed by atoms with E-state index in [1.54, 1.807) is 0 Å². The summed E-state index contributed by atoms with van der Waals surface area (Å²) in [6.07, 6.45) is 1.91. The summed E-state index contributed by atoms with van der Waals surface area (Å²) in [5.41, 5.74) is 1.83. The van der Waals surface area contributed by atoms with E-state index in [0.29, 0.717) is 28.5 Å². The number of benzene rings is 1. The molecule has 3 heterocycles. The number of hydrogen-bond acceptors (Lipinski definition) is 6. The molecule has 3 aromatic rings. The molecule has 1 aromatic carbocycles. The van der Waals surface area contributed by atoms with Gasteiger partial charge in [-0.3, -0.25) is 5.10 Å². The van der Waals surface area contributed by atoms with E-state index in [4.69, 9.17) is 21.3 Å². The van der Waals surface area contributed by atoms with Crippen LogP contribution in [-0.2, 0) is 4.74 Å². The Bertz CT molecular complexity index is 928. The van der Waals surface area contributed by atoms with E-state index in [0.717, 1.165) is 43.1 Å². The summed E-state index contributed by atoms with van der Waals surface area (Å²) in [5, 5.41) is 14.5. The standard InChI is InChI=1S/C19H21ClN6O.H2/c1-12-9-18(26-25-12)22-17-11-16(21-15-5-7-27-8-6-15)23-19(24-17)13-3-2-4-14(20)10-13;/h2-4,9-11,15H,5-8H2,1H3,(H3,21,22,23,24,25,26);1H. The Labute approximate surface area is 164 Å². The molecule has 0 saturated carbocycles. The first-order chi connectivity index (χ1) is 13.2. The number of halogens is 1. The Morgan fingerprint density at radius 1 is 1.11 bits per heavy atom. The largest absolute Gasteiger partial charge is 0.381 e. The average molecular weight is 387 g/mol. The van der Waals surface area contributed by atoms with Gasteiger partial charge in [0.25, 0.3) is 0 Å². The van der Waals surface area contributed by atoms with Crippen LogP contribution in [0.3, 0.4) is 0 Å². The number of aromatic nitrogens is 4. The first kappa shape index (κ1) is 17.8. The van der Waals surface area contributed by atoms with E-state index in [2.05, 4.69) is 25.8 Å². The lowest BCUT2D eigenvalue weighted by Gasteiger charge is -2.24. The van der Waals surface area contributed by atoms with Crippen molar-refractivity contribution in [2.24, 2.45) is 0 Å². The summed E-state index contributed by atoms with van der Waals surface area (Å²) in [7, 11) is 0. The minimum Gasteiger partial charge on any atom is -0.381 e. The maximum Gasteiger partial charge on any atom is 0.163 e. The number of aromatic amines is 1. The Morgan fingerprint density at radius 2 is 1.93 bits per heavy atom. The fourth-order valence-electron chi connectivity index (χ4n) is 3.01. The van der Waals surface area contributed by atoms with Crippen molar-refractivity contribution in [2.75, 3.05) is 23.8 Å². The van der Waals surface area contributed by atoms with Gasteiger partial charge in [0.15, 0.2) is 11.6 Å². The van der Waals surface area contributed by atoms with Crippen molar-refractivity contribution < 1.29 is 6.16 Å². The highest BCUT2D eigenvalue weighted by molar-refractivity contribution is 6.30. The first-order valence-electron chi connectivity index (χ1n) is 8.94. The number of aryl methyl sites for hydroxylation is 1. The van der Waals surface area contributed by atoms with Crippen LogP contribution in [0.5, 0.6) is 0 Å². The Kier molecular flexibility index (Phi) is 5.22. The van der Waals surface area contributed by atoms with Crippen molar-refractivity contribution in [3.05, 3.63) is 47.1 Å². The third kappa shape index (κ3) is 4.56. The monoisotopic (exact) mass is 386 g/mol. The number of anilines is 3. The first-order valence-corrected chi connectivity index (χ1v) is 9.32. The fraction of sp³-hybridized carbons (Fsp3) is 0.316. The van der Waals surface area contributed by atoms with Gasteiger partial charge in [0.05, 0.1) is 0 Å². The summed E-state index contributed by atoms with van der Waals surface area (Å²) >= 11 is 6.15. The maximum absolute atomic E-state index is 6.15. The number of rotatable bonds is 5. The van der Waals surface area contributed by atoms with Gasteiger partial charge in [-0.2, -0.15) is 5.10 Å². The fourth-order valence-corrected chi connectivity index (χ4v) is 3.20. The van der Waals surface area contributed by atoms with E-state index in [1.807, 2.05) is 43.3 Å². The zero-order valence-electron chi connectivity index (χ0n) is 15.0. The van der Waals surface area contributed by atoms with Gasteiger partial charge in [-0.15, -0.1) is 0 Å². The van der Waals surface area contributed by atoms with Gasteiger partial charge in [-0.25, -0.2) is 9.97 Å². The molecule has 0 unspecified atom stereocenters. The number of ether oxygens (including phenoxy) is 1. The molecule has 0 atom stereocenters. The topological polar surface area (TPSA) is 87.8 Å². The summed E-state index contributed by atoms with van der Waals surface area (Å²) in [6, 6.07) is 11.7. The van der Waals surface area contributed by atoms with E-state index < -0.39 is 0 Å². The van der Waals surface area contributed by atoms with Gasteiger partial charge in [0, 0.05) is 49.1 Å². The van der Waals surface area contributed by atoms with E-state index in [1.165, 1.54) is 0 Å². The molecule has 0 radical (unpaired) electrons. The van der Waals surface area contributed by atoms with Crippen LogP contribution in [0.1, 0.15) is 20.0 Å². The van der Waals surface area contributed by atoms with Gasteiger partial charge in [0.1, 0.15) is 11.6 Å². The Balaban J connectivity index is 0.00000225. The lowest BCUT2D eigenvalue weighted by molar-refractivity contribution is 0.0904. The Morgan fingerprint density at radius 3 is 2.67 bits per heavy atom. The molecule has 3 N–H and O–H groups in total. The second-order valence-electron chi connectivity index (χ2n) is 6.56. The summed E-state index contributed by atoms with van der Waals surface area (Å²) < 4.78 is 5.44. The predicted octanol–water partition coefficient (Wildman–Crippen LogP) is 4.41. The molecule has 0 aliphatic carbocycles. The second-order valence-corrected chi connectivity index (χ2v) is 7.00. The van der Waals surface area contributed by atoms with Crippen LogP contribution in [0, 0.1) is 6.92 Å². The molecule has 0 bridgehead atoms. The third-order valence-electron chi connectivity index (χ3n) is 4.34. The second kappa shape index (κ2) is 7.94. The van der Waals surface area contributed by atoms with Crippen molar-refractivity contribution in [2.45, 2.75) is 25.8 Å². The lowest BCUT2D eigenvalue weighted by Crippen LogP contribution is -2.28. The predicted molar refractivity (Wildman–Crippen MR) is 109 cm³/mol. The number of nitrogens with one attached hydrogen (secondary N) is 3. The molecule has 1 fully saturated rings. The SMILES string of the molecule is Cc1cc(Nc2cc(NC3CCOCC3)nc(-c3cccc(Cl)c3)n2)n[nH]1.[HH]. The molecule has 2 aromatic heterocycles. The highest BCUT2D eigenvalue weighted by Crippen LogP contribution is 2.25. The van der Waals surface area contributed by atoms with Crippen molar-refractivity contribution in [3.63, 3.8) is 0 Å². The molecule has 142 valence electrons. The average Bonchev–Trinajstić information content (AvgIpc) is 3.07. The number of nitrogens with zero attached hydrogens (tertiary/aromatic N) is 3. The molecular weight excluding hydrogens is 364 g/mol. The summed E-state index contributed by atoms with van der Waals surface area (Å²) in [4.78, 5) is 9.34. The van der Waals surface area contributed by atoms with Crippen molar-refractivity contribution >= 4 is 29.1 Å². The van der Waals surface area contributed by atoms with Crippen LogP contribution in [0.15, 0.2) is 36.4 Å². The molecule has 4 rings (SSSR count). The van der Waals surface area contributed by atoms with Crippen LogP contribution in [0.25, 0.3) is 11.4 Å². The van der Waals surface area contributed by atoms with Gasteiger partial charge < -0.3 is 15.4 Å². The van der Waals surface area contributed by atoms with E-state index in [9.17, 15) is 0 Å². The van der Waals surface area contributed by atoms with Gasteiger partial charge in [0.2, 0.25) is 0 Å². The van der Waals surface area contributed by atoms with Crippen LogP contribution in [0.4, 0.5) is 17.5 Å². The summed E-state index contributed by atoms with van der Waals surface area (Å²) in [6.45, 7) is 3.48. The molecule has 27 heavy (non-hydrogen) atoms. The molecule has 1 saturated heterocycles. The van der Waals surface area contributed by atoms with Gasteiger partial charge in [-0.05, 0) is 31.9 Å². The summed E-state index contributed by atoms with van der Waals surface area (Å²) in [5.74, 6) is 2.74. The van der Waals surface area contributed by atoms with Crippen molar-refractivity contribution in [1.29, 1.82) is 0 Å². The molecule has 1 aliphatic rings. The minimum absolute atomic E-state index is 0. The van der Waals surface area contributed by atoms with Crippen LogP contribution in [-0.4, -0.2) is 39.4 Å². The molecule has 0 amide bonds. The zero-order chi connectivity index (χ0) is 18.6. The molecular formula is C19H23ClN6O. The molecule has 0 spiro atoms. The lowest BCUT2D eigenvalue weighted by atomic mass is 10.1. The van der Waals surface area contributed by atoms with Crippen LogP contribution >= 0.6 is 11.6 Å². The zero-order valence-corrected chi connectivity index (χ0v) is 15.8. The number of hydrogen-bond donors (Lipinski definition) is 3. The molecule has 1 aliphatic heterocycles. The highest BCUT2D eigenvalue weighted by atomic mass is 35.5. The normalized spacial score (nSPS) is 14.9. The van der Waals surface area contributed by atoms with Gasteiger partial charge in [-0.1, -0.05) is 23.7 Å². The van der Waals surface area contributed by atoms with Crippen molar-refractivity contribution in [3.8, 4) is 11.4 Å². The molecule has 7 nitrogen and oxygen atoms in total. The third-order valence-corrected chi connectivity index (χ3v) is 4.58. The minimum atomic E-state index is 0.